The van der Waals surface area contributed by atoms with Crippen molar-refractivity contribution in [3.8, 4) is 0 Å². The zero-order valence-electron chi connectivity index (χ0n) is 10.1. The number of aliphatic hydroxyl groups excluding tert-OH is 3. The number of benzene rings is 1. The number of aromatic nitrogens is 2. The van der Waals surface area contributed by atoms with Gasteiger partial charge in [-0.3, -0.25) is 9.89 Å². The molecule has 0 aliphatic rings. The van der Waals surface area contributed by atoms with Crippen LogP contribution in [0.3, 0.4) is 0 Å². The number of aliphatic hydroxyl groups is 3. The van der Waals surface area contributed by atoms with E-state index in [-0.39, 0.29) is 5.69 Å². The van der Waals surface area contributed by atoms with Gasteiger partial charge >= 0.3 is 0 Å². The van der Waals surface area contributed by atoms with Gasteiger partial charge < -0.3 is 20.6 Å². The molecular formula is C12H15N3O4. The van der Waals surface area contributed by atoms with Crippen molar-refractivity contribution in [2.24, 2.45) is 0 Å². The molecule has 0 atom stereocenters. The number of hydrogen-bond acceptors (Lipinski definition) is 5. The summed E-state index contributed by atoms with van der Waals surface area (Å²) >= 11 is 0. The maximum absolute atomic E-state index is 12.1. The van der Waals surface area contributed by atoms with Gasteiger partial charge in [0.1, 0.15) is 5.54 Å². The summed E-state index contributed by atoms with van der Waals surface area (Å²) in [5, 5.41) is 37.2. The van der Waals surface area contributed by atoms with Gasteiger partial charge in [-0.1, -0.05) is 18.2 Å². The SMILES string of the molecule is O=C(NC(CO)(CO)CO)c1n[nH]c2ccccc12. The lowest BCUT2D eigenvalue weighted by Crippen LogP contribution is -2.57. The monoisotopic (exact) mass is 265 g/mol. The summed E-state index contributed by atoms with van der Waals surface area (Å²) in [5.41, 5.74) is -0.609. The average molecular weight is 265 g/mol. The molecule has 1 aromatic heterocycles. The number of H-pyrrole nitrogens is 1. The van der Waals surface area contributed by atoms with Gasteiger partial charge in [-0.25, -0.2) is 0 Å². The lowest BCUT2D eigenvalue weighted by atomic mass is 10.0. The van der Waals surface area contributed by atoms with E-state index in [2.05, 4.69) is 15.5 Å². The highest BCUT2D eigenvalue weighted by Gasteiger charge is 2.31. The highest BCUT2D eigenvalue weighted by molar-refractivity contribution is 6.04. The van der Waals surface area contributed by atoms with E-state index in [1.807, 2.05) is 6.07 Å². The van der Waals surface area contributed by atoms with E-state index in [0.717, 1.165) is 0 Å². The van der Waals surface area contributed by atoms with E-state index in [1.54, 1.807) is 18.2 Å². The highest BCUT2D eigenvalue weighted by Crippen LogP contribution is 2.15. The molecule has 0 fully saturated rings. The quantitative estimate of drug-likeness (QED) is 0.475. The molecule has 102 valence electrons. The van der Waals surface area contributed by atoms with Crippen molar-refractivity contribution in [1.29, 1.82) is 0 Å². The number of nitrogens with zero attached hydrogens (tertiary/aromatic N) is 1. The smallest absolute Gasteiger partial charge is 0.273 e. The minimum atomic E-state index is -1.46. The third-order valence-electron chi connectivity index (χ3n) is 2.97. The van der Waals surface area contributed by atoms with Crippen molar-refractivity contribution >= 4 is 16.8 Å². The minimum absolute atomic E-state index is 0.148. The summed E-state index contributed by atoms with van der Waals surface area (Å²) in [7, 11) is 0. The first-order valence-electron chi connectivity index (χ1n) is 5.74. The first-order chi connectivity index (χ1) is 9.15. The summed E-state index contributed by atoms with van der Waals surface area (Å²) in [6.45, 7) is -1.73. The molecule has 0 unspecified atom stereocenters. The zero-order chi connectivity index (χ0) is 13.9. The molecule has 7 heteroatoms. The normalized spacial score (nSPS) is 11.7. The van der Waals surface area contributed by atoms with Crippen LogP contribution in [0.1, 0.15) is 10.5 Å². The van der Waals surface area contributed by atoms with Crippen molar-refractivity contribution in [3.05, 3.63) is 30.0 Å². The second-order valence-corrected chi connectivity index (χ2v) is 4.33. The summed E-state index contributed by atoms with van der Waals surface area (Å²) in [4.78, 5) is 12.1. The number of nitrogens with one attached hydrogen (secondary N) is 2. The van der Waals surface area contributed by atoms with Crippen molar-refractivity contribution in [2.75, 3.05) is 19.8 Å². The minimum Gasteiger partial charge on any atom is -0.394 e. The van der Waals surface area contributed by atoms with E-state index in [4.69, 9.17) is 0 Å². The number of aromatic amines is 1. The van der Waals surface area contributed by atoms with E-state index < -0.39 is 31.3 Å². The van der Waals surface area contributed by atoms with Gasteiger partial charge in [-0.15, -0.1) is 0 Å². The Hall–Kier alpha value is -1.96. The molecule has 2 aromatic rings. The van der Waals surface area contributed by atoms with Crippen LogP contribution in [0.25, 0.3) is 10.9 Å². The number of fused-ring (bicyclic) bond motifs is 1. The van der Waals surface area contributed by atoms with Crippen LogP contribution in [0.15, 0.2) is 24.3 Å². The van der Waals surface area contributed by atoms with E-state index in [1.165, 1.54) is 0 Å². The maximum atomic E-state index is 12.1. The molecule has 1 amide bonds. The molecule has 0 aliphatic carbocycles. The number of para-hydroxylation sites is 1. The molecule has 2 rings (SSSR count). The highest BCUT2D eigenvalue weighted by atomic mass is 16.3. The number of hydrogen-bond donors (Lipinski definition) is 5. The fourth-order valence-corrected chi connectivity index (χ4v) is 1.71. The van der Waals surface area contributed by atoms with Crippen molar-refractivity contribution in [2.45, 2.75) is 5.54 Å². The molecular weight excluding hydrogens is 250 g/mol. The molecule has 0 saturated carbocycles. The van der Waals surface area contributed by atoms with Crippen LogP contribution in [-0.4, -0.2) is 56.8 Å². The van der Waals surface area contributed by atoms with Crippen LogP contribution in [0, 0.1) is 0 Å². The van der Waals surface area contributed by atoms with Crippen LogP contribution in [0.4, 0.5) is 0 Å². The van der Waals surface area contributed by atoms with Crippen molar-refractivity contribution < 1.29 is 20.1 Å². The Bertz CT molecular complexity index is 569. The van der Waals surface area contributed by atoms with Crippen molar-refractivity contribution in [1.82, 2.24) is 15.5 Å². The summed E-state index contributed by atoms with van der Waals surface area (Å²) in [6.07, 6.45) is 0. The first kappa shape index (κ1) is 13.5. The molecule has 1 aromatic carbocycles. The number of rotatable bonds is 5. The summed E-state index contributed by atoms with van der Waals surface area (Å²) in [5.74, 6) is -0.574. The van der Waals surface area contributed by atoms with Crippen LogP contribution in [0.2, 0.25) is 0 Å². The largest absolute Gasteiger partial charge is 0.394 e. The van der Waals surface area contributed by atoms with E-state index >= 15 is 0 Å². The summed E-state index contributed by atoms with van der Waals surface area (Å²) in [6, 6.07) is 7.08. The molecule has 0 radical (unpaired) electrons. The van der Waals surface area contributed by atoms with Gasteiger partial charge in [0, 0.05) is 5.39 Å². The van der Waals surface area contributed by atoms with E-state index in [9.17, 15) is 20.1 Å². The third kappa shape index (κ3) is 2.43. The fourth-order valence-electron chi connectivity index (χ4n) is 1.71. The van der Waals surface area contributed by atoms with Crippen LogP contribution in [0.5, 0.6) is 0 Å². The lowest BCUT2D eigenvalue weighted by Gasteiger charge is -2.28. The maximum Gasteiger partial charge on any atom is 0.273 e. The molecule has 0 bridgehead atoms. The average Bonchev–Trinajstić information content (AvgIpc) is 2.89. The Morgan fingerprint density at radius 3 is 2.47 bits per heavy atom. The molecule has 0 aliphatic heterocycles. The van der Waals surface area contributed by atoms with Gasteiger partial charge in [0.2, 0.25) is 0 Å². The van der Waals surface area contributed by atoms with Gasteiger partial charge in [-0.05, 0) is 6.07 Å². The van der Waals surface area contributed by atoms with Gasteiger partial charge in [0.15, 0.2) is 5.69 Å². The second kappa shape index (κ2) is 5.35. The summed E-state index contributed by atoms with van der Waals surface area (Å²) < 4.78 is 0. The van der Waals surface area contributed by atoms with Crippen molar-refractivity contribution in [3.63, 3.8) is 0 Å². The Labute approximate surface area is 108 Å². The van der Waals surface area contributed by atoms with Crippen LogP contribution < -0.4 is 5.32 Å². The molecule has 0 spiro atoms. The standard InChI is InChI=1S/C12H15N3O4/c16-5-12(6-17,7-18)13-11(19)10-8-3-1-2-4-9(8)14-15-10/h1-4,16-18H,5-7H2,(H,13,19)(H,14,15). The molecule has 19 heavy (non-hydrogen) atoms. The fraction of sp³-hybridized carbons (Fsp3) is 0.333. The second-order valence-electron chi connectivity index (χ2n) is 4.33. The Kier molecular flexibility index (Phi) is 3.79. The molecule has 5 N–H and O–H groups in total. The topological polar surface area (TPSA) is 118 Å². The van der Waals surface area contributed by atoms with Crippen LogP contribution in [-0.2, 0) is 0 Å². The Morgan fingerprint density at radius 1 is 1.21 bits per heavy atom. The zero-order valence-corrected chi connectivity index (χ0v) is 10.1. The van der Waals surface area contributed by atoms with Gasteiger partial charge in [0.25, 0.3) is 5.91 Å². The predicted molar refractivity (Wildman–Crippen MR) is 67.5 cm³/mol. The van der Waals surface area contributed by atoms with Gasteiger partial charge in [-0.2, -0.15) is 5.10 Å². The van der Waals surface area contributed by atoms with Gasteiger partial charge in [0.05, 0.1) is 25.3 Å². The lowest BCUT2D eigenvalue weighted by molar-refractivity contribution is 0.0374. The number of amides is 1. The first-order valence-corrected chi connectivity index (χ1v) is 5.74. The molecule has 0 saturated heterocycles. The molecule has 1 heterocycles. The number of carbonyl (C=O) groups excluding carboxylic acids is 1. The van der Waals surface area contributed by atoms with Crippen LogP contribution >= 0.6 is 0 Å². The predicted octanol–water partition coefficient (Wildman–Crippen LogP) is -0.992. The number of carbonyl (C=O) groups is 1. The third-order valence-corrected chi connectivity index (χ3v) is 2.97. The Balaban J connectivity index is 2.29. The van der Waals surface area contributed by atoms with E-state index in [0.29, 0.717) is 10.9 Å². The Morgan fingerprint density at radius 2 is 1.84 bits per heavy atom. The molecule has 7 nitrogen and oxygen atoms in total.